The molecule has 0 aliphatic rings. The van der Waals surface area contributed by atoms with Crippen LogP contribution in [0.4, 0.5) is 13.2 Å². The molecule has 0 bridgehead atoms. The molecule has 1 N–H and O–H groups in total. The zero-order chi connectivity index (χ0) is 19.3. The summed E-state index contributed by atoms with van der Waals surface area (Å²) in [6.07, 6.45) is -3.48. The van der Waals surface area contributed by atoms with E-state index in [0.29, 0.717) is 22.8 Å². The molecular weight excluding hydrogens is 353 g/mol. The predicted molar refractivity (Wildman–Crippen MR) is 87.1 cm³/mol. The van der Waals surface area contributed by atoms with E-state index in [1.807, 2.05) is 0 Å². The fourth-order valence-corrected chi connectivity index (χ4v) is 2.09. The van der Waals surface area contributed by atoms with Gasteiger partial charge in [-0.05, 0) is 25.1 Å². The van der Waals surface area contributed by atoms with Gasteiger partial charge in [0.25, 0.3) is 5.91 Å². The number of hydrogen-bond acceptors (Lipinski definition) is 5. The van der Waals surface area contributed by atoms with Crippen molar-refractivity contribution in [2.75, 3.05) is 14.2 Å². The molecule has 1 amide bonds. The summed E-state index contributed by atoms with van der Waals surface area (Å²) in [5.74, 6) is 0.483. The molecule has 140 valence electrons. The summed E-state index contributed by atoms with van der Waals surface area (Å²) in [6.45, 7) is 1.26. The molecule has 0 fully saturated rings. The Labute approximate surface area is 147 Å². The number of hydrazone groups is 1. The summed E-state index contributed by atoms with van der Waals surface area (Å²) in [6, 6.07) is 5.88. The maximum Gasteiger partial charge on any atom is 0.435 e. The third-order valence-corrected chi connectivity index (χ3v) is 3.38. The van der Waals surface area contributed by atoms with Crippen molar-refractivity contribution in [3.63, 3.8) is 0 Å². The number of rotatable bonds is 6. The van der Waals surface area contributed by atoms with Gasteiger partial charge < -0.3 is 9.47 Å². The second kappa shape index (κ2) is 7.89. The van der Waals surface area contributed by atoms with Crippen molar-refractivity contribution in [3.05, 3.63) is 41.7 Å². The molecule has 2 aromatic rings. The molecule has 0 saturated carbocycles. The molecule has 1 heterocycles. The van der Waals surface area contributed by atoms with Crippen LogP contribution < -0.4 is 14.9 Å². The molecule has 7 nitrogen and oxygen atoms in total. The Bertz CT molecular complexity index is 815. The van der Waals surface area contributed by atoms with E-state index in [4.69, 9.17) is 9.47 Å². The van der Waals surface area contributed by atoms with Gasteiger partial charge in [-0.3, -0.25) is 9.48 Å². The molecular formula is C16H17F3N4O3. The summed E-state index contributed by atoms with van der Waals surface area (Å²) in [5.41, 5.74) is 2.30. The maximum absolute atomic E-state index is 12.5. The molecule has 0 atom stereocenters. The highest BCUT2D eigenvalue weighted by Gasteiger charge is 2.33. The number of hydrogen-bond donors (Lipinski definition) is 1. The van der Waals surface area contributed by atoms with Crippen LogP contribution in [0.25, 0.3) is 0 Å². The van der Waals surface area contributed by atoms with Crippen LogP contribution in [0.3, 0.4) is 0 Å². The van der Waals surface area contributed by atoms with E-state index in [1.165, 1.54) is 14.2 Å². The van der Waals surface area contributed by atoms with Gasteiger partial charge in [0.15, 0.2) is 5.69 Å². The molecule has 26 heavy (non-hydrogen) atoms. The third-order valence-electron chi connectivity index (χ3n) is 3.38. The van der Waals surface area contributed by atoms with Gasteiger partial charge in [0.1, 0.15) is 18.0 Å². The van der Waals surface area contributed by atoms with E-state index in [-0.39, 0.29) is 0 Å². The maximum atomic E-state index is 12.5. The van der Waals surface area contributed by atoms with Crippen LogP contribution in [-0.4, -0.2) is 35.6 Å². The molecule has 1 aromatic carbocycles. The van der Waals surface area contributed by atoms with E-state index in [9.17, 15) is 18.0 Å². The number of ether oxygens (including phenoxy) is 2. The first-order chi connectivity index (χ1) is 12.2. The quantitative estimate of drug-likeness (QED) is 0.626. The molecule has 0 aliphatic carbocycles. The van der Waals surface area contributed by atoms with Gasteiger partial charge in [0, 0.05) is 17.8 Å². The number of nitrogens with one attached hydrogen (secondary N) is 1. The second-order valence-corrected chi connectivity index (χ2v) is 5.19. The molecule has 0 saturated heterocycles. The number of amides is 1. The Balaban J connectivity index is 2.04. The molecule has 0 aliphatic heterocycles. The Morgan fingerprint density at radius 1 is 1.27 bits per heavy atom. The predicted octanol–water partition coefficient (Wildman–Crippen LogP) is 2.46. The number of carbonyl (C=O) groups is 1. The molecule has 2 rings (SSSR count). The number of aromatic nitrogens is 2. The zero-order valence-electron chi connectivity index (χ0n) is 14.3. The average molecular weight is 370 g/mol. The smallest absolute Gasteiger partial charge is 0.435 e. The van der Waals surface area contributed by atoms with Crippen LogP contribution in [0.5, 0.6) is 11.5 Å². The van der Waals surface area contributed by atoms with E-state index in [2.05, 4.69) is 15.6 Å². The second-order valence-electron chi connectivity index (χ2n) is 5.19. The molecule has 10 heteroatoms. The molecule has 0 spiro atoms. The van der Waals surface area contributed by atoms with Gasteiger partial charge in [-0.2, -0.15) is 23.4 Å². The highest BCUT2D eigenvalue weighted by molar-refractivity contribution is 6.01. The Hall–Kier alpha value is -3.04. The van der Waals surface area contributed by atoms with Crippen LogP contribution in [0.1, 0.15) is 18.2 Å². The molecule has 1 aromatic heterocycles. The van der Waals surface area contributed by atoms with Crippen molar-refractivity contribution >= 4 is 11.6 Å². The normalized spacial score (nSPS) is 12.0. The van der Waals surface area contributed by atoms with E-state index >= 15 is 0 Å². The Morgan fingerprint density at radius 2 is 2.00 bits per heavy atom. The number of benzene rings is 1. The third kappa shape index (κ3) is 4.74. The van der Waals surface area contributed by atoms with Gasteiger partial charge in [0.2, 0.25) is 0 Å². The minimum absolute atomic E-state index is 0.396. The Kier molecular flexibility index (Phi) is 5.86. The number of alkyl halides is 3. The van der Waals surface area contributed by atoms with E-state index < -0.39 is 24.3 Å². The lowest BCUT2D eigenvalue weighted by atomic mass is 10.1. The standard InChI is InChI=1S/C16H17F3N4O3/c1-10(12-5-4-11(25-2)8-13(12)26-3)20-21-15(24)9-23-7-6-14(22-23)16(17,18)19/h4-8H,9H2,1-3H3,(H,21,24). The average Bonchev–Trinajstić information content (AvgIpc) is 3.07. The van der Waals surface area contributed by atoms with Crippen molar-refractivity contribution in [2.24, 2.45) is 5.10 Å². The summed E-state index contributed by atoms with van der Waals surface area (Å²) in [7, 11) is 3.01. The zero-order valence-corrected chi connectivity index (χ0v) is 14.3. The number of halogens is 3. The summed E-state index contributed by atoms with van der Waals surface area (Å²) in [4.78, 5) is 11.9. The van der Waals surface area contributed by atoms with Crippen LogP contribution >= 0.6 is 0 Å². The minimum Gasteiger partial charge on any atom is -0.497 e. The van der Waals surface area contributed by atoms with Crippen LogP contribution in [0.2, 0.25) is 0 Å². The van der Waals surface area contributed by atoms with Crippen molar-refractivity contribution in [3.8, 4) is 11.5 Å². The van der Waals surface area contributed by atoms with Crippen LogP contribution in [0.15, 0.2) is 35.6 Å². The van der Waals surface area contributed by atoms with Gasteiger partial charge in [-0.1, -0.05) is 0 Å². The number of methoxy groups -OCH3 is 2. The van der Waals surface area contributed by atoms with Crippen molar-refractivity contribution in [1.29, 1.82) is 0 Å². The fourth-order valence-electron chi connectivity index (χ4n) is 2.09. The van der Waals surface area contributed by atoms with Crippen LogP contribution in [0, 0.1) is 0 Å². The lowest BCUT2D eigenvalue weighted by Gasteiger charge is -2.10. The van der Waals surface area contributed by atoms with Crippen molar-refractivity contribution in [2.45, 2.75) is 19.6 Å². The van der Waals surface area contributed by atoms with Gasteiger partial charge in [-0.15, -0.1) is 0 Å². The van der Waals surface area contributed by atoms with Crippen molar-refractivity contribution < 1.29 is 27.4 Å². The molecule has 0 unspecified atom stereocenters. The minimum atomic E-state index is -4.55. The monoisotopic (exact) mass is 370 g/mol. The van der Waals surface area contributed by atoms with Gasteiger partial charge in [-0.25, -0.2) is 5.43 Å². The highest BCUT2D eigenvalue weighted by atomic mass is 19.4. The molecule has 0 radical (unpaired) electrons. The highest BCUT2D eigenvalue weighted by Crippen LogP contribution is 2.27. The lowest BCUT2D eigenvalue weighted by Crippen LogP contribution is -2.25. The topological polar surface area (TPSA) is 77.7 Å². The van der Waals surface area contributed by atoms with E-state index in [0.717, 1.165) is 16.9 Å². The van der Waals surface area contributed by atoms with Gasteiger partial charge >= 0.3 is 6.18 Å². The largest absolute Gasteiger partial charge is 0.497 e. The summed E-state index contributed by atoms with van der Waals surface area (Å²) >= 11 is 0. The first kappa shape index (κ1) is 19.3. The van der Waals surface area contributed by atoms with Crippen molar-refractivity contribution in [1.82, 2.24) is 15.2 Å². The number of carbonyl (C=O) groups excluding carboxylic acids is 1. The summed E-state index contributed by atoms with van der Waals surface area (Å²) in [5, 5.41) is 7.24. The van der Waals surface area contributed by atoms with Crippen LogP contribution in [-0.2, 0) is 17.5 Å². The lowest BCUT2D eigenvalue weighted by molar-refractivity contribution is -0.141. The van der Waals surface area contributed by atoms with Gasteiger partial charge in [0.05, 0.1) is 19.9 Å². The SMILES string of the molecule is COc1ccc(C(C)=NNC(=O)Cn2ccc(C(F)(F)F)n2)c(OC)c1. The Morgan fingerprint density at radius 3 is 2.58 bits per heavy atom. The summed E-state index contributed by atoms with van der Waals surface area (Å²) < 4.78 is 48.7. The first-order valence-electron chi connectivity index (χ1n) is 7.40. The number of nitrogens with zero attached hydrogens (tertiary/aromatic N) is 3. The first-order valence-corrected chi connectivity index (χ1v) is 7.40. The fraction of sp³-hybridized carbons (Fsp3) is 0.312. The van der Waals surface area contributed by atoms with E-state index in [1.54, 1.807) is 25.1 Å².